The Labute approximate surface area is 113 Å². The van der Waals surface area contributed by atoms with Crippen LogP contribution in [0, 0.1) is 5.41 Å². The van der Waals surface area contributed by atoms with E-state index in [9.17, 15) is 14.7 Å². The van der Waals surface area contributed by atoms with Crippen molar-refractivity contribution < 1.29 is 24.2 Å². The number of rotatable bonds is 2. The summed E-state index contributed by atoms with van der Waals surface area (Å²) in [5.41, 5.74) is -2.71. The van der Waals surface area contributed by atoms with Crippen molar-refractivity contribution >= 4 is 12.1 Å². The maximum absolute atomic E-state index is 12.0. The van der Waals surface area contributed by atoms with Crippen LogP contribution in [-0.2, 0) is 14.3 Å². The Hall–Kier alpha value is -1.30. The normalized spacial score (nSPS) is 29.1. The minimum Gasteiger partial charge on any atom is -0.467 e. The third-order valence-corrected chi connectivity index (χ3v) is 3.68. The van der Waals surface area contributed by atoms with E-state index in [4.69, 9.17) is 9.47 Å². The third-order valence-electron chi connectivity index (χ3n) is 3.68. The molecule has 1 aliphatic rings. The highest BCUT2D eigenvalue weighted by Crippen LogP contribution is 2.50. The highest BCUT2D eigenvalue weighted by Gasteiger charge is 2.66. The SMILES string of the molecule is COC(=O)[C@]1(NC(=O)OC(C)(C)C)C[C@H](O)C1(C)C. The Balaban J connectivity index is 2.91. The number of aliphatic hydroxyl groups is 1. The third kappa shape index (κ3) is 2.68. The van der Waals surface area contributed by atoms with Gasteiger partial charge >= 0.3 is 12.1 Å². The molecule has 0 aliphatic heterocycles. The second-order valence-electron chi connectivity index (χ2n) is 6.47. The number of alkyl carbamates (subject to hydrolysis) is 1. The zero-order chi connectivity index (χ0) is 15.1. The van der Waals surface area contributed by atoms with Gasteiger partial charge < -0.3 is 19.9 Å². The minimum atomic E-state index is -1.25. The van der Waals surface area contributed by atoms with E-state index in [0.717, 1.165) is 0 Å². The number of carbonyl (C=O) groups excluding carboxylic acids is 2. The smallest absolute Gasteiger partial charge is 0.408 e. The van der Waals surface area contributed by atoms with Gasteiger partial charge in [0.15, 0.2) is 5.54 Å². The van der Waals surface area contributed by atoms with E-state index >= 15 is 0 Å². The Bertz CT molecular complexity index is 385. The predicted molar refractivity (Wildman–Crippen MR) is 68.5 cm³/mol. The van der Waals surface area contributed by atoms with E-state index < -0.39 is 34.7 Å². The zero-order valence-corrected chi connectivity index (χ0v) is 12.4. The number of hydrogen-bond acceptors (Lipinski definition) is 5. The van der Waals surface area contributed by atoms with Gasteiger partial charge in [0, 0.05) is 11.8 Å². The molecule has 0 saturated heterocycles. The van der Waals surface area contributed by atoms with Crippen LogP contribution in [0.5, 0.6) is 0 Å². The van der Waals surface area contributed by atoms with Gasteiger partial charge in [-0.1, -0.05) is 13.8 Å². The van der Waals surface area contributed by atoms with Crippen molar-refractivity contribution in [3.05, 3.63) is 0 Å². The molecule has 1 aliphatic carbocycles. The number of carbonyl (C=O) groups is 2. The monoisotopic (exact) mass is 273 g/mol. The van der Waals surface area contributed by atoms with Gasteiger partial charge in [-0.2, -0.15) is 0 Å². The summed E-state index contributed by atoms with van der Waals surface area (Å²) in [5, 5.41) is 12.4. The fraction of sp³-hybridized carbons (Fsp3) is 0.846. The van der Waals surface area contributed by atoms with E-state index in [1.54, 1.807) is 34.6 Å². The largest absolute Gasteiger partial charge is 0.467 e. The van der Waals surface area contributed by atoms with Crippen LogP contribution in [0.3, 0.4) is 0 Å². The van der Waals surface area contributed by atoms with Crippen LogP contribution in [0.25, 0.3) is 0 Å². The van der Waals surface area contributed by atoms with Crippen LogP contribution in [0.15, 0.2) is 0 Å². The van der Waals surface area contributed by atoms with Crippen molar-refractivity contribution in [2.45, 2.75) is 58.3 Å². The number of amides is 1. The number of methoxy groups -OCH3 is 1. The van der Waals surface area contributed by atoms with Crippen LogP contribution in [-0.4, -0.2) is 41.5 Å². The average Bonchev–Trinajstić information content (AvgIpc) is 2.24. The molecule has 1 amide bonds. The molecule has 2 atom stereocenters. The zero-order valence-electron chi connectivity index (χ0n) is 12.4. The molecule has 19 heavy (non-hydrogen) atoms. The van der Waals surface area contributed by atoms with E-state index in [-0.39, 0.29) is 6.42 Å². The van der Waals surface area contributed by atoms with Crippen LogP contribution < -0.4 is 5.32 Å². The molecule has 0 spiro atoms. The van der Waals surface area contributed by atoms with Crippen LogP contribution in [0.1, 0.15) is 41.0 Å². The van der Waals surface area contributed by atoms with Gasteiger partial charge in [-0.3, -0.25) is 0 Å². The van der Waals surface area contributed by atoms with Crippen molar-refractivity contribution in [3.63, 3.8) is 0 Å². The van der Waals surface area contributed by atoms with Gasteiger partial charge in [-0.05, 0) is 20.8 Å². The fourth-order valence-corrected chi connectivity index (χ4v) is 2.22. The summed E-state index contributed by atoms with van der Waals surface area (Å²) < 4.78 is 9.91. The van der Waals surface area contributed by atoms with Crippen molar-refractivity contribution in [3.8, 4) is 0 Å². The maximum atomic E-state index is 12.0. The maximum Gasteiger partial charge on any atom is 0.408 e. The van der Waals surface area contributed by atoms with Crippen molar-refractivity contribution in [2.75, 3.05) is 7.11 Å². The summed E-state index contributed by atoms with van der Waals surface area (Å²) in [6.07, 6.45) is -1.26. The lowest BCUT2D eigenvalue weighted by Crippen LogP contribution is -2.76. The fourth-order valence-electron chi connectivity index (χ4n) is 2.22. The lowest BCUT2D eigenvalue weighted by atomic mass is 9.54. The van der Waals surface area contributed by atoms with Crippen molar-refractivity contribution in [2.24, 2.45) is 5.41 Å². The molecule has 0 unspecified atom stereocenters. The molecular formula is C13H23NO5. The van der Waals surface area contributed by atoms with E-state index in [2.05, 4.69) is 5.32 Å². The Morgan fingerprint density at radius 1 is 1.32 bits per heavy atom. The van der Waals surface area contributed by atoms with Gasteiger partial charge in [0.05, 0.1) is 13.2 Å². The highest BCUT2D eigenvalue weighted by molar-refractivity contribution is 5.88. The second-order valence-corrected chi connectivity index (χ2v) is 6.47. The molecule has 1 saturated carbocycles. The van der Waals surface area contributed by atoms with Gasteiger partial charge in [0.1, 0.15) is 5.60 Å². The topological polar surface area (TPSA) is 84.9 Å². The molecule has 110 valence electrons. The summed E-state index contributed by atoms with van der Waals surface area (Å²) in [5.74, 6) is -0.575. The predicted octanol–water partition coefficient (Wildman–Crippen LogP) is 1.21. The van der Waals surface area contributed by atoms with Crippen molar-refractivity contribution in [1.29, 1.82) is 0 Å². The number of ether oxygens (including phenoxy) is 2. The number of nitrogens with one attached hydrogen (secondary N) is 1. The average molecular weight is 273 g/mol. The summed E-state index contributed by atoms with van der Waals surface area (Å²) in [6, 6.07) is 0. The summed E-state index contributed by atoms with van der Waals surface area (Å²) >= 11 is 0. The summed E-state index contributed by atoms with van der Waals surface area (Å²) in [6.45, 7) is 8.61. The Kier molecular flexibility index (Phi) is 3.87. The van der Waals surface area contributed by atoms with Crippen molar-refractivity contribution in [1.82, 2.24) is 5.32 Å². The summed E-state index contributed by atoms with van der Waals surface area (Å²) in [7, 11) is 1.25. The Morgan fingerprint density at radius 3 is 2.16 bits per heavy atom. The Morgan fingerprint density at radius 2 is 1.84 bits per heavy atom. The molecule has 2 N–H and O–H groups in total. The first-order valence-corrected chi connectivity index (χ1v) is 6.24. The molecule has 0 aromatic rings. The van der Waals surface area contributed by atoms with Crippen LogP contribution in [0.2, 0.25) is 0 Å². The molecule has 6 nitrogen and oxygen atoms in total. The lowest BCUT2D eigenvalue weighted by molar-refractivity contribution is -0.184. The molecule has 0 aromatic carbocycles. The standard InChI is InChI=1S/C13H23NO5/c1-11(2,3)19-10(17)14-13(9(16)18-6)7-8(15)12(13,4)5/h8,15H,7H2,1-6H3,(H,14,17)/t8-,13+/m0/s1. The first-order valence-electron chi connectivity index (χ1n) is 6.24. The molecule has 0 bridgehead atoms. The molecule has 6 heteroatoms. The first kappa shape index (κ1) is 15.8. The first-order chi connectivity index (χ1) is 8.46. The second kappa shape index (κ2) is 4.67. The molecule has 0 radical (unpaired) electrons. The van der Waals surface area contributed by atoms with Crippen LogP contribution >= 0.6 is 0 Å². The lowest BCUT2D eigenvalue weighted by Gasteiger charge is -2.56. The van der Waals surface area contributed by atoms with Gasteiger partial charge in [0.25, 0.3) is 0 Å². The van der Waals surface area contributed by atoms with E-state index in [1.165, 1.54) is 7.11 Å². The van der Waals surface area contributed by atoms with Crippen LogP contribution in [0.4, 0.5) is 4.79 Å². The van der Waals surface area contributed by atoms with Gasteiger partial charge in [-0.15, -0.1) is 0 Å². The number of esters is 1. The highest BCUT2D eigenvalue weighted by atomic mass is 16.6. The van der Waals surface area contributed by atoms with E-state index in [1.807, 2.05) is 0 Å². The number of hydrogen-bond donors (Lipinski definition) is 2. The molecular weight excluding hydrogens is 250 g/mol. The minimum absolute atomic E-state index is 0.117. The van der Waals surface area contributed by atoms with E-state index in [0.29, 0.717) is 0 Å². The van der Waals surface area contributed by atoms with Gasteiger partial charge in [-0.25, -0.2) is 9.59 Å². The molecule has 1 fully saturated rings. The quantitative estimate of drug-likeness (QED) is 0.739. The summed E-state index contributed by atoms with van der Waals surface area (Å²) in [4.78, 5) is 23.8. The van der Waals surface area contributed by atoms with Gasteiger partial charge in [0.2, 0.25) is 0 Å². The molecule has 0 heterocycles. The molecule has 0 aromatic heterocycles. The molecule has 1 rings (SSSR count). The number of aliphatic hydroxyl groups excluding tert-OH is 1.